The van der Waals surface area contributed by atoms with Crippen molar-refractivity contribution in [1.82, 2.24) is 15.5 Å². The number of nitrogens with one attached hydrogen (secondary N) is 2. The Hall–Kier alpha value is -0.160. The van der Waals surface area contributed by atoms with Crippen LogP contribution in [0.5, 0.6) is 0 Å². The molecule has 1 aliphatic carbocycles. The van der Waals surface area contributed by atoms with E-state index in [0.29, 0.717) is 12.1 Å². The molecule has 0 aromatic heterocycles. The van der Waals surface area contributed by atoms with Gasteiger partial charge in [0, 0.05) is 56.8 Å². The van der Waals surface area contributed by atoms with Crippen molar-refractivity contribution in [3.63, 3.8) is 0 Å². The first-order valence-electron chi connectivity index (χ1n) is 7.60. The maximum Gasteiger partial charge on any atom is 0.0652 e. The third-order valence-corrected chi connectivity index (χ3v) is 5.22. The van der Waals surface area contributed by atoms with E-state index >= 15 is 0 Å². The topological polar surface area (TPSA) is 36.5 Å². The molecule has 0 bridgehead atoms. The van der Waals surface area contributed by atoms with Crippen molar-refractivity contribution in [2.45, 2.75) is 51.8 Å². The molecule has 2 rings (SSSR count). The first kappa shape index (κ1) is 15.2. The van der Waals surface area contributed by atoms with Crippen LogP contribution in [0.15, 0.2) is 0 Å². The van der Waals surface area contributed by atoms with E-state index in [1.807, 2.05) is 7.11 Å². The fourth-order valence-electron chi connectivity index (χ4n) is 3.39. The second-order valence-electron chi connectivity index (χ2n) is 7.26. The zero-order valence-corrected chi connectivity index (χ0v) is 13.3. The quantitative estimate of drug-likeness (QED) is 0.783. The third kappa shape index (κ3) is 3.13. The van der Waals surface area contributed by atoms with Crippen molar-refractivity contribution >= 4 is 0 Å². The molecule has 2 fully saturated rings. The number of ether oxygens (including phenoxy) is 1. The standard InChI is InChI=1S/C15H31N3O/c1-14(2,18-8-6-16-7-9-18)11-17-12-10-13(19-5)15(12,3)4/h12-13,16-17H,6-11H2,1-5H3. The highest BCUT2D eigenvalue weighted by Gasteiger charge is 2.48. The Balaban J connectivity index is 1.81. The van der Waals surface area contributed by atoms with Crippen molar-refractivity contribution in [2.75, 3.05) is 39.8 Å². The summed E-state index contributed by atoms with van der Waals surface area (Å²) in [6.07, 6.45) is 1.55. The fourth-order valence-corrected chi connectivity index (χ4v) is 3.39. The fraction of sp³-hybridized carbons (Fsp3) is 1.00. The summed E-state index contributed by atoms with van der Waals surface area (Å²) in [5.74, 6) is 0. The number of methoxy groups -OCH3 is 1. The summed E-state index contributed by atoms with van der Waals surface area (Å²) in [4.78, 5) is 2.59. The van der Waals surface area contributed by atoms with Gasteiger partial charge >= 0.3 is 0 Å². The van der Waals surface area contributed by atoms with Crippen LogP contribution in [-0.4, -0.2) is 62.4 Å². The second-order valence-corrected chi connectivity index (χ2v) is 7.26. The predicted octanol–water partition coefficient (Wildman–Crippen LogP) is 1.07. The van der Waals surface area contributed by atoms with Gasteiger partial charge in [-0.05, 0) is 20.3 Å². The van der Waals surface area contributed by atoms with E-state index in [0.717, 1.165) is 39.1 Å². The summed E-state index contributed by atoms with van der Waals surface area (Å²) in [6, 6.07) is 0.583. The molecule has 1 aliphatic heterocycles. The van der Waals surface area contributed by atoms with E-state index < -0.39 is 0 Å². The summed E-state index contributed by atoms with van der Waals surface area (Å²) in [6.45, 7) is 14.9. The highest BCUT2D eigenvalue weighted by Crippen LogP contribution is 2.42. The summed E-state index contributed by atoms with van der Waals surface area (Å²) < 4.78 is 5.52. The molecule has 0 amide bonds. The molecule has 2 aliphatic rings. The number of rotatable bonds is 5. The molecule has 0 aromatic carbocycles. The summed E-state index contributed by atoms with van der Waals surface area (Å²) >= 11 is 0. The average molecular weight is 269 g/mol. The minimum Gasteiger partial charge on any atom is -0.381 e. The molecule has 112 valence electrons. The van der Waals surface area contributed by atoms with Gasteiger partial charge in [-0.25, -0.2) is 0 Å². The van der Waals surface area contributed by atoms with E-state index in [-0.39, 0.29) is 11.0 Å². The lowest BCUT2D eigenvalue weighted by molar-refractivity contribution is -0.0999. The molecular weight excluding hydrogens is 238 g/mol. The molecule has 0 radical (unpaired) electrons. The molecule has 1 heterocycles. The van der Waals surface area contributed by atoms with E-state index in [2.05, 4.69) is 43.2 Å². The van der Waals surface area contributed by atoms with E-state index in [9.17, 15) is 0 Å². The minimum absolute atomic E-state index is 0.232. The molecule has 0 spiro atoms. The highest BCUT2D eigenvalue weighted by molar-refractivity contribution is 5.03. The van der Waals surface area contributed by atoms with Crippen LogP contribution in [0.1, 0.15) is 34.1 Å². The molecule has 2 N–H and O–H groups in total. The highest BCUT2D eigenvalue weighted by atomic mass is 16.5. The molecule has 19 heavy (non-hydrogen) atoms. The largest absolute Gasteiger partial charge is 0.381 e. The van der Waals surface area contributed by atoms with Gasteiger partial charge in [0.2, 0.25) is 0 Å². The molecule has 0 aromatic rings. The van der Waals surface area contributed by atoms with Crippen molar-refractivity contribution in [2.24, 2.45) is 5.41 Å². The van der Waals surface area contributed by atoms with Gasteiger partial charge in [0.15, 0.2) is 0 Å². The van der Waals surface area contributed by atoms with E-state index in [1.165, 1.54) is 0 Å². The average Bonchev–Trinajstić information content (AvgIpc) is 2.38. The van der Waals surface area contributed by atoms with Crippen LogP contribution < -0.4 is 10.6 Å². The smallest absolute Gasteiger partial charge is 0.0652 e. The maximum atomic E-state index is 5.52. The third-order valence-electron chi connectivity index (χ3n) is 5.22. The number of piperazine rings is 1. The van der Waals surface area contributed by atoms with Gasteiger partial charge in [0.05, 0.1) is 6.10 Å². The molecule has 2 atom stereocenters. The van der Waals surface area contributed by atoms with Crippen LogP contribution >= 0.6 is 0 Å². The van der Waals surface area contributed by atoms with Gasteiger partial charge in [-0.2, -0.15) is 0 Å². The van der Waals surface area contributed by atoms with E-state index in [1.54, 1.807) is 0 Å². The van der Waals surface area contributed by atoms with Gasteiger partial charge in [-0.3, -0.25) is 4.90 Å². The molecular formula is C15H31N3O. The van der Waals surface area contributed by atoms with Crippen LogP contribution in [-0.2, 0) is 4.74 Å². The zero-order chi connectivity index (χ0) is 14.1. The normalized spacial score (nSPS) is 32.1. The van der Waals surface area contributed by atoms with Crippen molar-refractivity contribution in [1.29, 1.82) is 0 Å². The Kier molecular flexibility index (Phi) is 4.56. The lowest BCUT2D eigenvalue weighted by Gasteiger charge is -2.53. The Morgan fingerprint density at radius 3 is 2.47 bits per heavy atom. The zero-order valence-electron chi connectivity index (χ0n) is 13.3. The molecule has 2 unspecified atom stereocenters. The molecule has 1 saturated carbocycles. The second kappa shape index (κ2) is 5.68. The lowest BCUT2D eigenvalue weighted by Crippen LogP contribution is -2.64. The van der Waals surface area contributed by atoms with Gasteiger partial charge in [-0.1, -0.05) is 13.8 Å². The monoisotopic (exact) mass is 269 g/mol. The van der Waals surface area contributed by atoms with Crippen LogP contribution in [0.2, 0.25) is 0 Å². The minimum atomic E-state index is 0.232. The van der Waals surface area contributed by atoms with Crippen LogP contribution in [0.4, 0.5) is 0 Å². The summed E-state index contributed by atoms with van der Waals surface area (Å²) in [5.41, 5.74) is 0.491. The lowest BCUT2D eigenvalue weighted by atomic mass is 9.64. The predicted molar refractivity (Wildman–Crippen MR) is 79.5 cm³/mol. The molecule has 4 heteroatoms. The Morgan fingerprint density at radius 1 is 1.32 bits per heavy atom. The van der Waals surface area contributed by atoms with Crippen molar-refractivity contribution in [3.8, 4) is 0 Å². The summed E-state index contributed by atoms with van der Waals surface area (Å²) in [5, 5.41) is 7.19. The van der Waals surface area contributed by atoms with Gasteiger partial charge < -0.3 is 15.4 Å². The Morgan fingerprint density at radius 2 is 1.95 bits per heavy atom. The van der Waals surface area contributed by atoms with Gasteiger partial charge in [0.1, 0.15) is 0 Å². The Bertz CT molecular complexity index is 298. The van der Waals surface area contributed by atoms with Crippen LogP contribution in [0.3, 0.4) is 0 Å². The maximum absolute atomic E-state index is 5.52. The van der Waals surface area contributed by atoms with Gasteiger partial charge in [0.25, 0.3) is 0 Å². The SMILES string of the molecule is COC1CC(NCC(C)(C)N2CCNCC2)C1(C)C. The van der Waals surface area contributed by atoms with Gasteiger partial charge in [-0.15, -0.1) is 0 Å². The molecule has 4 nitrogen and oxygen atoms in total. The number of nitrogens with zero attached hydrogens (tertiary/aromatic N) is 1. The van der Waals surface area contributed by atoms with Crippen LogP contribution in [0, 0.1) is 5.41 Å². The van der Waals surface area contributed by atoms with Crippen LogP contribution in [0.25, 0.3) is 0 Å². The van der Waals surface area contributed by atoms with E-state index in [4.69, 9.17) is 4.74 Å². The molecule has 1 saturated heterocycles. The van der Waals surface area contributed by atoms with Crippen molar-refractivity contribution in [3.05, 3.63) is 0 Å². The Labute approximate surface area is 118 Å². The number of hydrogen-bond acceptors (Lipinski definition) is 4. The first-order valence-corrected chi connectivity index (χ1v) is 7.60. The van der Waals surface area contributed by atoms with Crippen molar-refractivity contribution < 1.29 is 4.74 Å². The first-order chi connectivity index (χ1) is 8.88. The summed E-state index contributed by atoms with van der Waals surface area (Å²) in [7, 11) is 1.83. The number of hydrogen-bond donors (Lipinski definition) is 2.